The second-order valence-electron chi connectivity index (χ2n) is 9.76. The number of nitrogens with zero attached hydrogens (tertiary/aromatic N) is 2. The van der Waals surface area contributed by atoms with Gasteiger partial charge in [0.05, 0.1) is 7.11 Å². The minimum absolute atomic E-state index is 0.155. The molecule has 0 spiro atoms. The summed E-state index contributed by atoms with van der Waals surface area (Å²) in [5.41, 5.74) is 4.51. The molecule has 3 amide bonds. The van der Waals surface area contributed by atoms with Crippen molar-refractivity contribution in [2.24, 2.45) is 0 Å². The van der Waals surface area contributed by atoms with Crippen LogP contribution in [0.4, 0.5) is 4.39 Å². The maximum Gasteiger partial charge on any atom is 0.255 e. The van der Waals surface area contributed by atoms with Crippen molar-refractivity contribution in [3.8, 4) is 5.75 Å². The molecule has 1 unspecified atom stereocenters. The number of ether oxygens (including phenoxy) is 1. The molecule has 35 heavy (non-hydrogen) atoms. The van der Waals surface area contributed by atoms with E-state index in [1.54, 1.807) is 13.2 Å². The van der Waals surface area contributed by atoms with E-state index in [9.17, 15) is 18.8 Å². The van der Waals surface area contributed by atoms with Crippen LogP contribution in [0.25, 0.3) is 0 Å². The van der Waals surface area contributed by atoms with Crippen LogP contribution < -0.4 is 10.1 Å². The standard InChI is InChI=1S/C27H30FN3O4/c1-16-11-20(35-2)4-3-18(16)14-30-9-7-17(8-10-30)21-12-19(28)13-22-23(21)15-31(27(22)34)24-5-6-25(32)29-26(24)33/h3-4,11-13,17,24H,5-10,14-15H2,1-2H3,(H,29,32,33). The number of likely N-dealkylation sites (tertiary alicyclic amines) is 1. The minimum atomic E-state index is -0.696. The molecule has 2 aromatic carbocycles. The van der Waals surface area contributed by atoms with Gasteiger partial charge in [0.2, 0.25) is 11.8 Å². The van der Waals surface area contributed by atoms with Crippen LogP contribution in [0.2, 0.25) is 0 Å². The monoisotopic (exact) mass is 479 g/mol. The molecule has 1 N–H and O–H groups in total. The van der Waals surface area contributed by atoms with Gasteiger partial charge in [0.25, 0.3) is 5.91 Å². The van der Waals surface area contributed by atoms with E-state index in [0.29, 0.717) is 12.0 Å². The molecule has 8 heteroatoms. The Hall–Kier alpha value is -3.26. The number of imide groups is 1. The Morgan fingerprint density at radius 1 is 1.09 bits per heavy atom. The van der Waals surface area contributed by atoms with E-state index in [0.717, 1.165) is 49.4 Å². The van der Waals surface area contributed by atoms with Gasteiger partial charge in [0, 0.05) is 25.1 Å². The molecule has 184 valence electrons. The van der Waals surface area contributed by atoms with Crippen molar-refractivity contribution in [1.82, 2.24) is 15.1 Å². The number of piperidine rings is 2. The van der Waals surface area contributed by atoms with Gasteiger partial charge < -0.3 is 9.64 Å². The number of halogens is 1. The highest BCUT2D eigenvalue weighted by Crippen LogP contribution is 2.38. The lowest BCUT2D eigenvalue weighted by atomic mass is 9.85. The van der Waals surface area contributed by atoms with Gasteiger partial charge >= 0.3 is 0 Å². The number of amides is 3. The summed E-state index contributed by atoms with van der Waals surface area (Å²) in [6.45, 7) is 4.98. The average Bonchev–Trinajstić information content (AvgIpc) is 3.16. The molecule has 0 radical (unpaired) electrons. The molecule has 0 aliphatic carbocycles. The highest BCUT2D eigenvalue weighted by molar-refractivity contribution is 6.05. The maximum atomic E-state index is 14.6. The smallest absolute Gasteiger partial charge is 0.255 e. The fraction of sp³-hybridized carbons (Fsp3) is 0.444. The van der Waals surface area contributed by atoms with Crippen molar-refractivity contribution in [3.63, 3.8) is 0 Å². The summed E-state index contributed by atoms with van der Waals surface area (Å²) < 4.78 is 19.9. The first kappa shape index (κ1) is 23.5. The minimum Gasteiger partial charge on any atom is -0.497 e. The molecular weight excluding hydrogens is 449 g/mol. The zero-order valence-electron chi connectivity index (χ0n) is 20.1. The van der Waals surface area contributed by atoms with Gasteiger partial charge in [-0.3, -0.25) is 24.6 Å². The summed E-state index contributed by atoms with van der Waals surface area (Å²) in [5.74, 6) is -0.519. The second kappa shape index (κ2) is 9.41. The van der Waals surface area contributed by atoms with Crippen LogP contribution in [0.15, 0.2) is 30.3 Å². The van der Waals surface area contributed by atoms with E-state index < -0.39 is 17.8 Å². The van der Waals surface area contributed by atoms with E-state index in [4.69, 9.17) is 4.74 Å². The molecule has 3 heterocycles. The van der Waals surface area contributed by atoms with Crippen LogP contribution in [0.1, 0.15) is 64.2 Å². The lowest BCUT2D eigenvalue weighted by molar-refractivity contribution is -0.136. The molecule has 2 aromatic rings. The first-order valence-corrected chi connectivity index (χ1v) is 12.2. The van der Waals surface area contributed by atoms with Crippen molar-refractivity contribution in [1.29, 1.82) is 0 Å². The number of carbonyl (C=O) groups excluding carboxylic acids is 3. The Balaban J connectivity index is 1.30. The van der Waals surface area contributed by atoms with Crippen LogP contribution in [0.3, 0.4) is 0 Å². The molecule has 3 aliphatic heterocycles. The number of aryl methyl sites for hydroxylation is 1. The van der Waals surface area contributed by atoms with E-state index in [2.05, 4.69) is 23.2 Å². The summed E-state index contributed by atoms with van der Waals surface area (Å²) >= 11 is 0. The number of benzene rings is 2. The number of fused-ring (bicyclic) bond motifs is 1. The Bertz CT molecular complexity index is 1190. The Morgan fingerprint density at radius 3 is 2.54 bits per heavy atom. The van der Waals surface area contributed by atoms with Gasteiger partial charge in [-0.25, -0.2) is 4.39 Å². The van der Waals surface area contributed by atoms with E-state index >= 15 is 0 Å². The molecule has 2 fully saturated rings. The van der Waals surface area contributed by atoms with Gasteiger partial charge in [-0.2, -0.15) is 0 Å². The topological polar surface area (TPSA) is 79.0 Å². The highest BCUT2D eigenvalue weighted by Gasteiger charge is 2.41. The van der Waals surface area contributed by atoms with Crippen molar-refractivity contribution in [3.05, 3.63) is 64.0 Å². The zero-order valence-corrected chi connectivity index (χ0v) is 20.1. The van der Waals surface area contributed by atoms with Crippen LogP contribution in [-0.4, -0.2) is 53.8 Å². The SMILES string of the molecule is COc1ccc(CN2CCC(c3cc(F)cc4c3CN(C3CCC(=O)NC3=O)C4=O)CC2)c(C)c1. The molecule has 0 saturated carbocycles. The third-order valence-electron chi connectivity index (χ3n) is 7.63. The van der Waals surface area contributed by atoms with Crippen molar-refractivity contribution in [2.45, 2.75) is 57.7 Å². The van der Waals surface area contributed by atoms with E-state index in [1.807, 2.05) is 12.1 Å². The number of carbonyl (C=O) groups is 3. The molecule has 0 aromatic heterocycles. The largest absolute Gasteiger partial charge is 0.497 e. The predicted octanol–water partition coefficient (Wildman–Crippen LogP) is 3.28. The van der Waals surface area contributed by atoms with E-state index in [1.165, 1.54) is 22.1 Å². The van der Waals surface area contributed by atoms with Crippen molar-refractivity contribution < 1.29 is 23.5 Å². The molecule has 2 saturated heterocycles. The summed E-state index contributed by atoms with van der Waals surface area (Å²) in [5, 5.41) is 2.32. The first-order chi connectivity index (χ1) is 16.8. The number of methoxy groups -OCH3 is 1. The van der Waals surface area contributed by atoms with Gasteiger partial charge in [0.1, 0.15) is 17.6 Å². The van der Waals surface area contributed by atoms with E-state index in [-0.39, 0.29) is 30.7 Å². The van der Waals surface area contributed by atoms with Gasteiger partial charge in [-0.1, -0.05) is 6.07 Å². The quantitative estimate of drug-likeness (QED) is 0.666. The lowest BCUT2D eigenvalue weighted by Crippen LogP contribution is -2.52. The summed E-state index contributed by atoms with van der Waals surface area (Å²) in [6, 6.07) is 8.29. The van der Waals surface area contributed by atoms with Crippen LogP contribution >= 0.6 is 0 Å². The van der Waals surface area contributed by atoms with Crippen LogP contribution in [0.5, 0.6) is 5.75 Å². The number of hydrogen-bond donors (Lipinski definition) is 1. The van der Waals surface area contributed by atoms with Crippen molar-refractivity contribution >= 4 is 17.7 Å². The third-order valence-corrected chi connectivity index (χ3v) is 7.63. The lowest BCUT2D eigenvalue weighted by Gasteiger charge is -2.33. The fourth-order valence-corrected chi connectivity index (χ4v) is 5.63. The van der Waals surface area contributed by atoms with Crippen molar-refractivity contribution in [2.75, 3.05) is 20.2 Å². The summed E-state index contributed by atoms with van der Waals surface area (Å²) in [4.78, 5) is 40.9. The van der Waals surface area contributed by atoms with Crippen LogP contribution in [0, 0.1) is 12.7 Å². The number of hydrogen-bond acceptors (Lipinski definition) is 5. The normalized spacial score (nSPS) is 21.3. The number of nitrogens with one attached hydrogen (secondary N) is 1. The average molecular weight is 480 g/mol. The Morgan fingerprint density at radius 2 is 1.86 bits per heavy atom. The maximum absolute atomic E-state index is 14.6. The summed E-state index contributed by atoms with van der Waals surface area (Å²) in [7, 11) is 1.67. The van der Waals surface area contributed by atoms with Crippen LogP contribution in [-0.2, 0) is 22.7 Å². The number of rotatable bonds is 5. The highest BCUT2D eigenvalue weighted by atomic mass is 19.1. The molecule has 3 aliphatic rings. The zero-order chi connectivity index (χ0) is 24.7. The molecule has 1 atom stereocenters. The molecule has 7 nitrogen and oxygen atoms in total. The van der Waals surface area contributed by atoms with Gasteiger partial charge in [-0.05, 0) is 91.7 Å². The molecular formula is C27H30FN3O4. The third kappa shape index (κ3) is 4.55. The predicted molar refractivity (Wildman–Crippen MR) is 127 cm³/mol. The first-order valence-electron chi connectivity index (χ1n) is 12.2. The Labute approximate surface area is 204 Å². The Kier molecular flexibility index (Phi) is 6.32. The van der Waals surface area contributed by atoms with Gasteiger partial charge in [0.15, 0.2) is 0 Å². The van der Waals surface area contributed by atoms with Gasteiger partial charge in [-0.15, -0.1) is 0 Å². The molecule has 5 rings (SSSR count). The second-order valence-corrected chi connectivity index (χ2v) is 9.76. The summed E-state index contributed by atoms with van der Waals surface area (Å²) in [6.07, 6.45) is 2.24. The molecule has 0 bridgehead atoms. The fourth-order valence-electron chi connectivity index (χ4n) is 5.63.